The molecule has 2 heterocycles. The molecule has 2 aromatic heterocycles. The highest BCUT2D eigenvalue weighted by atomic mass is 19.4. The minimum absolute atomic E-state index is 0.165. The predicted molar refractivity (Wildman–Crippen MR) is 77.3 cm³/mol. The first-order chi connectivity index (χ1) is 10.9. The van der Waals surface area contributed by atoms with Crippen LogP contribution in [0.25, 0.3) is 22.1 Å². The lowest BCUT2D eigenvalue weighted by molar-refractivity contribution is -0.137. The van der Waals surface area contributed by atoms with Crippen molar-refractivity contribution < 1.29 is 22.3 Å². The van der Waals surface area contributed by atoms with E-state index in [9.17, 15) is 18.0 Å². The number of aromatic nitrogens is 1. The van der Waals surface area contributed by atoms with Gasteiger partial charge in [-0.2, -0.15) is 13.2 Å². The molecule has 0 N–H and O–H groups in total. The van der Waals surface area contributed by atoms with Crippen LogP contribution in [0.3, 0.4) is 0 Å². The van der Waals surface area contributed by atoms with Gasteiger partial charge in [0.15, 0.2) is 0 Å². The lowest BCUT2D eigenvalue weighted by Crippen LogP contribution is -2.06. The largest absolute Gasteiger partial charge is 0.481 e. The summed E-state index contributed by atoms with van der Waals surface area (Å²) in [6, 6.07) is 7.30. The lowest BCUT2D eigenvalue weighted by atomic mass is 10.0. The highest BCUT2D eigenvalue weighted by Crippen LogP contribution is 2.31. The number of nitrogens with zero attached hydrogens (tertiary/aromatic N) is 1. The zero-order valence-corrected chi connectivity index (χ0v) is 11.8. The first-order valence-electron chi connectivity index (χ1n) is 6.54. The quantitative estimate of drug-likeness (QED) is 0.719. The maximum atomic E-state index is 12.6. The van der Waals surface area contributed by atoms with E-state index in [1.165, 1.54) is 37.6 Å². The monoisotopic (exact) mass is 321 g/mol. The Morgan fingerprint density at radius 1 is 1.13 bits per heavy atom. The maximum Gasteiger partial charge on any atom is 0.416 e. The van der Waals surface area contributed by atoms with Gasteiger partial charge >= 0.3 is 11.8 Å². The highest BCUT2D eigenvalue weighted by molar-refractivity contribution is 5.81. The molecule has 1 aromatic carbocycles. The molecule has 23 heavy (non-hydrogen) atoms. The van der Waals surface area contributed by atoms with Gasteiger partial charge in [-0.15, -0.1) is 0 Å². The van der Waals surface area contributed by atoms with Crippen LogP contribution >= 0.6 is 0 Å². The Labute approximate surface area is 128 Å². The number of hydrogen-bond donors (Lipinski definition) is 0. The number of methoxy groups -OCH3 is 1. The Balaban J connectivity index is 2.09. The van der Waals surface area contributed by atoms with E-state index in [4.69, 9.17) is 9.15 Å². The lowest BCUT2D eigenvalue weighted by Gasteiger charge is -2.07. The molecule has 4 nitrogen and oxygen atoms in total. The van der Waals surface area contributed by atoms with E-state index in [0.29, 0.717) is 16.8 Å². The van der Waals surface area contributed by atoms with Gasteiger partial charge in [0.05, 0.1) is 18.2 Å². The molecule has 0 aliphatic carbocycles. The summed E-state index contributed by atoms with van der Waals surface area (Å²) in [5.74, 6) is 0.294. The van der Waals surface area contributed by atoms with Crippen molar-refractivity contribution in [2.24, 2.45) is 0 Å². The van der Waals surface area contributed by atoms with E-state index in [0.717, 1.165) is 12.1 Å². The van der Waals surface area contributed by atoms with Crippen LogP contribution in [-0.4, -0.2) is 12.1 Å². The van der Waals surface area contributed by atoms with Gasteiger partial charge in [-0.1, -0.05) is 12.1 Å². The summed E-state index contributed by atoms with van der Waals surface area (Å²) in [4.78, 5) is 16.1. The topological polar surface area (TPSA) is 52.3 Å². The fourth-order valence-corrected chi connectivity index (χ4v) is 2.15. The van der Waals surface area contributed by atoms with Crippen molar-refractivity contribution in [3.8, 4) is 17.0 Å². The standard InChI is InChI=1S/C16H10F3NO3/c1-22-14-7-13-10(8-20-14)6-12(15(21)23-13)9-2-4-11(5-3-9)16(17,18)19/h2-8H,1H3. The molecule has 3 aromatic rings. The highest BCUT2D eigenvalue weighted by Gasteiger charge is 2.30. The third-order valence-corrected chi connectivity index (χ3v) is 3.32. The van der Waals surface area contributed by atoms with Gasteiger partial charge in [0.25, 0.3) is 0 Å². The molecule has 118 valence electrons. The molecular weight excluding hydrogens is 311 g/mol. The Bertz CT molecular complexity index is 914. The molecule has 7 heteroatoms. The van der Waals surface area contributed by atoms with E-state index in [2.05, 4.69) is 4.98 Å². The fraction of sp³-hybridized carbons (Fsp3) is 0.125. The van der Waals surface area contributed by atoms with Crippen molar-refractivity contribution in [3.63, 3.8) is 0 Å². The van der Waals surface area contributed by atoms with E-state index >= 15 is 0 Å². The van der Waals surface area contributed by atoms with Gasteiger partial charge in [0, 0.05) is 17.6 Å². The fourth-order valence-electron chi connectivity index (χ4n) is 2.15. The van der Waals surface area contributed by atoms with E-state index in [-0.39, 0.29) is 11.1 Å². The SMILES string of the molecule is COc1cc2oc(=O)c(-c3ccc(C(F)(F)F)cc3)cc2cn1. The Hall–Kier alpha value is -2.83. The molecule has 0 spiro atoms. The normalized spacial score (nSPS) is 11.7. The molecule has 0 radical (unpaired) electrons. The molecular formula is C16H10F3NO3. The van der Waals surface area contributed by atoms with Crippen LogP contribution in [0.4, 0.5) is 13.2 Å². The van der Waals surface area contributed by atoms with Crippen molar-refractivity contribution in [2.75, 3.05) is 7.11 Å². The summed E-state index contributed by atoms with van der Waals surface area (Å²) < 4.78 is 47.9. The van der Waals surface area contributed by atoms with Crippen molar-refractivity contribution >= 4 is 11.0 Å². The summed E-state index contributed by atoms with van der Waals surface area (Å²) in [6.45, 7) is 0. The van der Waals surface area contributed by atoms with E-state index in [1.807, 2.05) is 0 Å². The summed E-state index contributed by atoms with van der Waals surface area (Å²) in [5.41, 5.74) is -0.636. The van der Waals surface area contributed by atoms with Crippen LogP contribution in [-0.2, 0) is 6.18 Å². The Morgan fingerprint density at radius 3 is 2.43 bits per heavy atom. The van der Waals surface area contributed by atoms with Crippen molar-refractivity contribution in [1.29, 1.82) is 0 Å². The average Bonchev–Trinajstić information content (AvgIpc) is 2.53. The molecule has 3 rings (SSSR count). The van der Waals surface area contributed by atoms with Crippen LogP contribution in [0.1, 0.15) is 5.56 Å². The zero-order valence-electron chi connectivity index (χ0n) is 11.8. The molecule has 0 amide bonds. The molecule has 0 bridgehead atoms. The Morgan fingerprint density at radius 2 is 1.83 bits per heavy atom. The maximum absolute atomic E-state index is 12.6. The van der Waals surface area contributed by atoms with Crippen LogP contribution in [0, 0.1) is 0 Å². The van der Waals surface area contributed by atoms with E-state index in [1.54, 1.807) is 0 Å². The average molecular weight is 321 g/mol. The van der Waals surface area contributed by atoms with Gasteiger partial charge in [-0.25, -0.2) is 9.78 Å². The summed E-state index contributed by atoms with van der Waals surface area (Å²) in [7, 11) is 1.43. The molecule has 0 atom stereocenters. The van der Waals surface area contributed by atoms with Gasteiger partial charge < -0.3 is 9.15 Å². The van der Waals surface area contributed by atoms with Crippen LogP contribution in [0.15, 0.2) is 51.8 Å². The second kappa shape index (κ2) is 5.42. The number of pyridine rings is 1. The molecule has 0 fully saturated rings. The molecule has 0 unspecified atom stereocenters. The van der Waals surface area contributed by atoms with E-state index < -0.39 is 17.4 Å². The van der Waals surface area contributed by atoms with Crippen LogP contribution in [0.2, 0.25) is 0 Å². The van der Waals surface area contributed by atoms with Crippen LogP contribution in [0.5, 0.6) is 5.88 Å². The summed E-state index contributed by atoms with van der Waals surface area (Å²) in [6.07, 6.45) is -2.96. The van der Waals surface area contributed by atoms with Crippen molar-refractivity contribution in [2.45, 2.75) is 6.18 Å². The van der Waals surface area contributed by atoms with Crippen molar-refractivity contribution in [3.05, 3.63) is 58.6 Å². The smallest absolute Gasteiger partial charge is 0.416 e. The number of benzene rings is 1. The first-order valence-corrected chi connectivity index (χ1v) is 6.54. The van der Waals surface area contributed by atoms with Gasteiger partial charge in [-0.3, -0.25) is 0 Å². The minimum atomic E-state index is -4.42. The van der Waals surface area contributed by atoms with Gasteiger partial charge in [0.1, 0.15) is 5.58 Å². The minimum Gasteiger partial charge on any atom is -0.481 e. The first kappa shape index (κ1) is 15.1. The third kappa shape index (κ3) is 2.90. The number of hydrogen-bond acceptors (Lipinski definition) is 4. The Kier molecular flexibility index (Phi) is 3.55. The number of alkyl halides is 3. The number of ether oxygens (including phenoxy) is 1. The summed E-state index contributed by atoms with van der Waals surface area (Å²) >= 11 is 0. The molecule has 0 aliphatic rings. The summed E-state index contributed by atoms with van der Waals surface area (Å²) in [5, 5.41) is 0.542. The molecule has 0 saturated heterocycles. The van der Waals surface area contributed by atoms with Gasteiger partial charge in [0.2, 0.25) is 5.88 Å². The van der Waals surface area contributed by atoms with Crippen molar-refractivity contribution in [1.82, 2.24) is 4.98 Å². The molecule has 0 aliphatic heterocycles. The number of rotatable bonds is 2. The van der Waals surface area contributed by atoms with Gasteiger partial charge in [-0.05, 0) is 23.8 Å². The third-order valence-electron chi connectivity index (χ3n) is 3.32. The van der Waals surface area contributed by atoms with Crippen LogP contribution < -0.4 is 10.4 Å². The molecule has 0 saturated carbocycles. The second-order valence-electron chi connectivity index (χ2n) is 4.79. The zero-order chi connectivity index (χ0) is 16.6. The predicted octanol–water partition coefficient (Wildman–Crippen LogP) is 3.88. The number of fused-ring (bicyclic) bond motifs is 1. The number of halogens is 3. The second-order valence-corrected chi connectivity index (χ2v) is 4.79.